The lowest BCUT2D eigenvalue weighted by Crippen LogP contribution is -2.48. The lowest BCUT2D eigenvalue weighted by molar-refractivity contribution is -0.0807. The highest BCUT2D eigenvalue weighted by Gasteiger charge is 2.41. The maximum atomic E-state index is 13.1. The van der Waals surface area contributed by atoms with Gasteiger partial charge in [-0.05, 0) is 36.4 Å². The van der Waals surface area contributed by atoms with E-state index < -0.39 is 10.0 Å². The summed E-state index contributed by atoms with van der Waals surface area (Å²) < 4.78 is 56.7. The minimum Gasteiger partial charge on any atom is -0.484 e. The SMILES string of the molecule is O=S(=O)(c1ccccc1OC1COC1)N1CC(c2nc(-c3ccc(F)cc3)no2)C1. The van der Waals surface area contributed by atoms with Gasteiger partial charge in [-0.15, -0.1) is 0 Å². The minimum atomic E-state index is -3.72. The van der Waals surface area contributed by atoms with Crippen LogP contribution in [0.15, 0.2) is 57.9 Å². The Morgan fingerprint density at radius 3 is 2.50 bits per heavy atom. The van der Waals surface area contributed by atoms with Gasteiger partial charge in [-0.3, -0.25) is 0 Å². The largest absolute Gasteiger partial charge is 0.484 e. The van der Waals surface area contributed by atoms with Gasteiger partial charge in [0.25, 0.3) is 0 Å². The van der Waals surface area contributed by atoms with E-state index in [2.05, 4.69) is 10.1 Å². The number of aromatic nitrogens is 2. The zero-order chi connectivity index (χ0) is 20.7. The average molecular weight is 431 g/mol. The number of hydrogen-bond donors (Lipinski definition) is 0. The maximum Gasteiger partial charge on any atom is 0.246 e. The maximum absolute atomic E-state index is 13.1. The first kappa shape index (κ1) is 19.2. The van der Waals surface area contributed by atoms with Crippen molar-refractivity contribution in [3.8, 4) is 17.1 Å². The Hall–Kier alpha value is -2.82. The third-order valence-corrected chi connectivity index (χ3v) is 6.98. The molecule has 30 heavy (non-hydrogen) atoms. The second-order valence-electron chi connectivity index (χ2n) is 7.21. The molecular weight excluding hydrogens is 413 g/mol. The van der Waals surface area contributed by atoms with Crippen LogP contribution < -0.4 is 4.74 Å². The fourth-order valence-corrected chi connectivity index (χ4v) is 4.92. The van der Waals surface area contributed by atoms with Crippen LogP contribution in [0.3, 0.4) is 0 Å². The zero-order valence-electron chi connectivity index (χ0n) is 15.8. The molecule has 2 aliphatic rings. The van der Waals surface area contributed by atoms with Crippen molar-refractivity contribution >= 4 is 10.0 Å². The van der Waals surface area contributed by atoms with E-state index in [1.54, 1.807) is 30.3 Å². The van der Waals surface area contributed by atoms with Crippen LogP contribution in [0.1, 0.15) is 11.8 Å². The molecule has 0 unspecified atom stereocenters. The van der Waals surface area contributed by atoms with Crippen LogP contribution in [0.5, 0.6) is 5.75 Å². The molecule has 0 spiro atoms. The first-order chi connectivity index (χ1) is 14.5. The molecule has 0 radical (unpaired) electrons. The summed E-state index contributed by atoms with van der Waals surface area (Å²) in [5, 5.41) is 3.92. The van der Waals surface area contributed by atoms with Gasteiger partial charge >= 0.3 is 0 Å². The van der Waals surface area contributed by atoms with E-state index >= 15 is 0 Å². The zero-order valence-corrected chi connectivity index (χ0v) is 16.6. The van der Waals surface area contributed by atoms with Gasteiger partial charge in [-0.1, -0.05) is 17.3 Å². The van der Waals surface area contributed by atoms with Gasteiger partial charge in [0.15, 0.2) is 0 Å². The Morgan fingerprint density at radius 2 is 1.80 bits per heavy atom. The van der Waals surface area contributed by atoms with Crippen LogP contribution in [0, 0.1) is 5.82 Å². The van der Waals surface area contributed by atoms with E-state index in [0.29, 0.717) is 36.2 Å². The van der Waals surface area contributed by atoms with Crippen LogP contribution in [-0.2, 0) is 14.8 Å². The van der Waals surface area contributed by atoms with Crippen molar-refractivity contribution in [2.24, 2.45) is 0 Å². The van der Waals surface area contributed by atoms with Crippen molar-refractivity contribution in [3.63, 3.8) is 0 Å². The summed E-state index contributed by atoms with van der Waals surface area (Å²) in [6.07, 6.45) is -0.131. The molecule has 0 saturated carbocycles. The first-order valence-corrected chi connectivity index (χ1v) is 10.9. The number of benzene rings is 2. The molecule has 2 aromatic carbocycles. The molecule has 8 nitrogen and oxygen atoms in total. The number of sulfonamides is 1. The van der Waals surface area contributed by atoms with Crippen LogP contribution in [-0.4, -0.2) is 55.3 Å². The third-order valence-electron chi connectivity index (χ3n) is 5.11. The van der Waals surface area contributed by atoms with Crippen molar-refractivity contribution in [2.45, 2.75) is 16.9 Å². The number of rotatable bonds is 6. The molecule has 0 atom stereocenters. The summed E-state index contributed by atoms with van der Waals surface area (Å²) >= 11 is 0. The molecule has 1 aromatic heterocycles. The highest BCUT2D eigenvalue weighted by Crippen LogP contribution is 2.35. The molecular formula is C20H18FN3O5S. The summed E-state index contributed by atoms with van der Waals surface area (Å²) in [5.41, 5.74) is 0.626. The second kappa shape index (κ2) is 7.46. The highest BCUT2D eigenvalue weighted by atomic mass is 32.2. The van der Waals surface area contributed by atoms with Crippen LogP contribution in [0.4, 0.5) is 4.39 Å². The fourth-order valence-electron chi connectivity index (χ4n) is 3.27. The molecule has 2 fully saturated rings. The molecule has 10 heteroatoms. The van der Waals surface area contributed by atoms with Crippen LogP contribution >= 0.6 is 0 Å². The highest BCUT2D eigenvalue weighted by molar-refractivity contribution is 7.89. The van der Waals surface area contributed by atoms with E-state index in [-0.39, 0.29) is 35.8 Å². The standard InChI is InChI=1S/C20H18FN3O5S/c21-15-7-5-13(6-8-15)19-22-20(29-23-19)14-9-24(10-14)30(25,26)18-4-2-1-3-17(18)28-16-11-27-12-16/h1-8,14,16H,9-12H2. The summed E-state index contributed by atoms with van der Waals surface area (Å²) in [5.74, 6) is 0.473. The van der Waals surface area contributed by atoms with Gasteiger partial charge < -0.3 is 14.0 Å². The van der Waals surface area contributed by atoms with Gasteiger partial charge in [0.1, 0.15) is 22.6 Å². The van der Waals surface area contributed by atoms with E-state index in [1.165, 1.54) is 22.5 Å². The fraction of sp³-hybridized carbons (Fsp3) is 0.300. The Morgan fingerprint density at radius 1 is 1.07 bits per heavy atom. The Kier molecular flexibility index (Phi) is 4.76. The van der Waals surface area contributed by atoms with Crippen molar-refractivity contribution in [3.05, 3.63) is 60.2 Å². The lowest BCUT2D eigenvalue weighted by Gasteiger charge is -2.36. The van der Waals surface area contributed by atoms with Gasteiger partial charge in [0, 0.05) is 18.7 Å². The lowest BCUT2D eigenvalue weighted by atomic mass is 10.0. The van der Waals surface area contributed by atoms with Gasteiger partial charge in [0.05, 0.1) is 19.1 Å². The molecule has 0 amide bonds. The van der Waals surface area contributed by atoms with Gasteiger partial charge in [-0.25, -0.2) is 12.8 Å². The van der Waals surface area contributed by atoms with Crippen LogP contribution in [0.2, 0.25) is 0 Å². The number of para-hydroxylation sites is 1. The number of nitrogens with zero attached hydrogens (tertiary/aromatic N) is 3. The Bertz CT molecular complexity index is 1160. The minimum absolute atomic E-state index is 0.131. The van der Waals surface area contributed by atoms with E-state index in [9.17, 15) is 12.8 Å². The van der Waals surface area contributed by atoms with Crippen molar-refractivity contribution in [1.29, 1.82) is 0 Å². The quantitative estimate of drug-likeness (QED) is 0.592. The normalized spacial score (nSPS) is 18.0. The summed E-state index contributed by atoms with van der Waals surface area (Å²) in [6, 6.07) is 12.4. The molecule has 0 N–H and O–H groups in total. The monoisotopic (exact) mass is 431 g/mol. The van der Waals surface area contributed by atoms with Crippen molar-refractivity contribution in [2.75, 3.05) is 26.3 Å². The molecule has 3 aromatic rings. The van der Waals surface area contributed by atoms with Crippen molar-refractivity contribution < 1.29 is 26.8 Å². The molecule has 0 aliphatic carbocycles. The predicted octanol–water partition coefficient (Wildman–Crippen LogP) is 2.44. The number of halogens is 1. The Balaban J connectivity index is 1.29. The smallest absolute Gasteiger partial charge is 0.246 e. The average Bonchev–Trinajstić information content (AvgIpc) is 3.14. The summed E-state index contributed by atoms with van der Waals surface area (Å²) in [4.78, 5) is 4.47. The predicted molar refractivity (Wildman–Crippen MR) is 103 cm³/mol. The van der Waals surface area contributed by atoms with E-state index in [1.807, 2.05) is 0 Å². The molecule has 156 valence electrons. The third kappa shape index (κ3) is 3.47. The van der Waals surface area contributed by atoms with Crippen LogP contribution in [0.25, 0.3) is 11.4 Å². The first-order valence-electron chi connectivity index (χ1n) is 9.44. The molecule has 2 aliphatic heterocycles. The van der Waals surface area contributed by atoms with Gasteiger partial charge in [-0.2, -0.15) is 9.29 Å². The topological polar surface area (TPSA) is 94.8 Å². The van der Waals surface area contributed by atoms with E-state index in [4.69, 9.17) is 14.0 Å². The van der Waals surface area contributed by atoms with E-state index in [0.717, 1.165) is 0 Å². The second-order valence-corrected chi connectivity index (χ2v) is 9.11. The number of ether oxygens (including phenoxy) is 2. The summed E-state index contributed by atoms with van der Waals surface area (Å²) in [7, 11) is -3.72. The molecule has 0 bridgehead atoms. The molecule has 3 heterocycles. The van der Waals surface area contributed by atoms with Crippen molar-refractivity contribution in [1.82, 2.24) is 14.4 Å². The number of hydrogen-bond acceptors (Lipinski definition) is 7. The Labute approximate surface area is 172 Å². The van der Waals surface area contributed by atoms with Gasteiger partial charge in [0.2, 0.25) is 21.7 Å². The summed E-state index contributed by atoms with van der Waals surface area (Å²) in [6.45, 7) is 1.37. The molecule has 2 saturated heterocycles. The molecule has 5 rings (SSSR count).